The molecule has 0 saturated heterocycles. The van der Waals surface area contributed by atoms with Gasteiger partial charge in [-0.2, -0.15) is 5.10 Å². The van der Waals surface area contributed by atoms with E-state index in [-0.39, 0.29) is 12.5 Å². The van der Waals surface area contributed by atoms with Crippen LogP contribution in [0.25, 0.3) is 22.2 Å². The highest BCUT2D eigenvalue weighted by Gasteiger charge is 2.15. The van der Waals surface area contributed by atoms with Gasteiger partial charge in [0.2, 0.25) is 0 Å². The fraction of sp³-hybridized carbons (Fsp3) is 0.0741. The lowest BCUT2D eigenvalue weighted by atomic mass is 10.0. The number of rotatable bonds is 7. The Hall–Kier alpha value is -4.15. The predicted octanol–water partition coefficient (Wildman–Crippen LogP) is 5.45. The molecular weight excluding hydrogens is 494 g/mol. The van der Waals surface area contributed by atoms with Crippen LogP contribution in [-0.2, 0) is 0 Å². The summed E-state index contributed by atoms with van der Waals surface area (Å²) in [5, 5.41) is 4.89. The maximum absolute atomic E-state index is 13.1. The Morgan fingerprint density at radius 1 is 1.15 bits per heavy atom. The van der Waals surface area contributed by atoms with Crippen LogP contribution in [0.4, 0.5) is 0 Å². The molecule has 0 fully saturated rings. The maximum Gasteiger partial charge on any atom is 0.272 e. The zero-order valence-electron chi connectivity index (χ0n) is 18.3. The Morgan fingerprint density at radius 2 is 1.91 bits per heavy atom. The molecule has 0 saturated carbocycles. The molecule has 0 aliphatic carbocycles. The number of carbonyl (C=O) groups is 1. The molecule has 6 nitrogen and oxygen atoms in total. The van der Waals surface area contributed by atoms with Crippen LogP contribution in [0.3, 0.4) is 0 Å². The van der Waals surface area contributed by atoms with Gasteiger partial charge in [-0.25, -0.2) is 10.4 Å². The van der Waals surface area contributed by atoms with E-state index in [1.54, 1.807) is 18.2 Å². The fourth-order valence-electron chi connectivity index (χ4n) is 3.45. The molecule has 0 bridgehead atoms. The number of methoxy groups -OCH3 is 1. The summed E-state index contributed by atoms with van der Waals surface area (Å²) in [5.41, 5.74) is 6.01. The van der Waals surface area contributed by atoms with E-state index in [1.807, 2.05) is 54.6 Å². The van der Waals surface area contributed by atoms with Gasteiger partial charge in [0.15, 0.2) is 11.5 Å². The van der Waals surface area contributed by atoms with Crippen LogP contribution in [-0.4, -0.2) is 30.8 Å². The second-order valence-electron chi connectivity index (χ2n) is 7.16. The van der Waals surface area contributed by atoms with E-state index in [1.165, 1.54) is 13.3 Å². The third-order valence-corrected chi connectivity index (χ3v) is 5.43. The summed E-state index contributed by atoms with van der Waals surface area (Å²) in [6.45, 7) is 0.0659. The molecule has 4 aromatic rings. The summed E-state index contributed by atoms with van der Waals surface area (Å²) in [5.74, 6) is 2.99. The summed E-state index contributed by atoms with van der Waals surface area (Å²) in [7, 11) is 1.53. The average molecular weight is 514 g/mol. The van der Waals surface area contributed by atoms with E-state index in [4.69, 9.17) is 20.9 Å². The van der Waals surface area contributed by atoms with Gasteiger partial charge < -0.3 is 9.47 Å². The van der Waals surface area contributed by atoms with Gasteiger partial charge >= 0.3 is 0 Å². The lowest BCUT2D eigenvalue weighted by molar-refractivity contribution is 0.0956. The van der Waals surface area contributed by atoms with Crippen LogP contribution in [0, 0.1) is 12.3 Å². The number of hydrazone groups is 1. The second kappa shape index (κ2) is 10.6. The molecule has 34 heavy (non-hydrogen) atoms. The quantitative estimate of drug-likeness (QED) is 0.202. The van der Waals surface area contributed by atoms with E-state index in [0.29, 0.717) is 28.3 Å². The Kier molecular flexibility index (Phi) is 7.21. The van der Waals surface area contributed by atoms with Crippen molar-refractivity contribution < 1.29 is 14.3 Å². The number of amides is 1. The van der Waals surface area contributed by atoms with Gasteiger partial charge in [0.05, 0.1) is 30.1 Å². The lowest BCUT2D eigenvalue weighted by Gasteiger charge is -2.12. The molecule has 4 rings (SSSR count). The predicted molar refractivity (Wildman–Crippen MR) is 137 cm³/mol. The Bertz CT molecular complexity index is 1410. The number of fused-ring (bicyclic) bond motifs is 1. The largest absolute Gasteiger partial charge is 0.493 e. The molecule has 1 heterocycles. The first-order valence-corrected chi connectivity index (χ1v) is 11.1. The van der Waals surface area contributed by atoms with Crippen LogP contribution in [0.2, 0.25) is 0 Å². The zero-order valence-corrected chi connectivity index (χ0v) is 19.9. The molecule has 0 aliphatic rings. The van der Waals surface area contributed by atoms with Gasteiger partial charge in [-0.3, -0.25) is 4.79 Å². The molecule has 1 N–H and O–H groups in total. The lowest BCUT2D eigenvalue weighted by Crippen LogP contribution is -2.18. The molecule has 0 atom stereocenters. The molecule has 0 spiro atoms. The van der Waals surface area contributed by atoms with Crippen molar-refractivity contribution in [1.29, 1.82) is 0 Å². The smallest absolute Gasteiger partial charge is 0.272 e. The van der Waals surface area contributed by atoms with Crippen LogP contribution in [0.1, 0.15) is 15.9 Å². The van der Waals surface area contributed by atoms with Gasteiger partial charge in [0, 0.05) is 21.0 Å². The SMILES string of the molecule is C#CCOc1c(/C=N\NC(=O)c2cc(-c3ccccc3)nc3ccccc23)cc(Br)cc1OC. The summed E-state index contributed by atoms with van der Waals surface area (Å²) < 4.78 is 11.8. The first-order chi connectivity index (χ1) is 16.6. The number of benzene rings is 3. The van der Waals surface area contributed by atoms with Crippen molar-refractivity contribution in [1.82, 2.24) is 10.4 Å². The summed E-state index contributed by atoms with van der Waals surface area (Å²) in [6.07, 6.45) is 6.82. The molecule has 168 valence electrons. The second-order valence-corrected chi connectivity index (χ2v) is 8.07. The molecular formula is C27H20BrN3O3. The number of hydrogen-bond acceptors (Lipinski definition) is 5. The molecule has 1 aromatic heterocycles. The van der Waals surface area contributed by atoms with Gasteiger partial charge in [0.1, 0.15) is 6.61 Å². The van der Waals surface area contributed by atoms with Crippen LogP contribution < -0.4 is 14.9 Å². The van der Waals surface area contributed by atoms with E-state index >= 15 is 0 Å². The summed E-state index contributed by atoms with van der Waals surface area (Å²) >= 11 is 3.44. The summed E-state index contributed by atoms with van der Waals surface area (Å²) in [6, 6.07) is 22.5. The number of ether oxygens (including phenoxy) is 2. The Morgan fingerprint density at radius 3 is 2.68 bits per heavy atom. The Labute approximate surface area is 205 Å². The molecule has 0 aliphatic heterocycles. The molecule has 1 amide bonds. The van der Waals surface area contributed by atoms with Crippen molar-refractivity contribution in [2.75, 3.05) is 13.7 Å². The minimum absolute atomic E-state index is 0.0659. The van der Waals surface area contributed by atoms with Crippen LogP contribution in [0.5, 0.6) is 11.5 Å². The van der Waals surface area contributed by atoms with Gasteiger partial charge in [-0.05, 0) is 24.3 Å². The van der Waals surface area contributed by atoms with Gasteiger partial charge in [0.25, 0.3) is 5.91 Å². The van der Waals surface area contributed by atoms with Crippen molar-refractivity contribution in [3.8, 4) is 35.1 Å². The third kappa shape index (κ3) is 5.08. The van der Waals surface area contributed by atoms with Crippen LogP contribution in [0.15, 0.2) is 82.4 Å². The first-order valence-electron chi connectivity index (χ1n) is 10.3. The number of para-hydroxylation sites is 1. The number of hydrogen-bond donors (Lipinski definition) is 1. The number of pyridine rings is 1. The maximum atomic E-state index is 13.1. The van der Waals surface area contributed by atoms with Crippen molar-refractivity contribution >= 4 is 39.0 Å². The minimum atomic E-state index is -0.361. The fourth-order valence-corrected chi connectivity index (χ4v) is 3.90. The monoisotopic (exact) mass is 513 g/mol. The topological polar surface area (TPSA) is 72.8 Å². The zero-order chi connectivity index (χ0) is 23.9. The van der Waals surface area contributed by atoms with E-state index in [0.717, 1.165) is 20.9 Å². The van der Waals surface area contributed by atoms with Gasteiger partial charge in [-0.15, -0.1) is 6.42 Å². The number of aromatic nitrogens is 1. The van der Waals surface area contributed by atoms with Crippen molar-refractivity contribution in [2.24, 2.45) is 5.10 Å². The van der Waals surface area contributed by atoms with Crippen LogP contribution >= 0.6 is 15.9 Å². The number of carbonyl (C=O) groups excluding carboxylic acids is 1. The Balaban J connectivity index is 1.66. The van der Waals surface area contributed by atoms with Crippen molar-refractivity contribution in [3.63, 3.8) is 0 Å². The normalized spacial score (nSPS) is 10.7. The number of halogens is 1. The molecule has 3 aromatic carbocycles. The molecule has 0 unspecified atom stereocenters. The van der Waals surface area contributed by atoms with Crippen molar-refractivity contribution in [3.05, 3.63) is 88.4 Å². The van der Waals surface area contributed by atoms with E-state index < -0.39 is 0 Å². The molecule has 0 radical (unpaired) electrons. The third-order valence-electron chi connectivity index (χ3n) is 4.97. The van der Waals surface area contributed by atoms with E-state index in [2.05, 4.69) is 32.4 Å². The standard InChI is InChI=1S/C27H20BrN3O3/c1-3-13-34-26-19(14-20(28)15-25(26)33-2)17-29-31-27(32)22-16-24(18-9-5-4-6-10-18)30-23-12-8-7-11-21(22)23/h1,4-12,14-17H,13H2,2H3,(H,31,32)/b29-17-. The number of nitrogens with zero attached hydrogens (tertiary/aromatic N) is 2. The highest BCUT2D eigenvalue weighted by Crippen LogP contribution is 2.34. The number of terminal acetylenes is 1. The summed E-state index contributed by atoms with van der Waals surface area (Å²) in [4.78, 5) is 17.9. The molecule has 7 heteroatoms. The first kappa shape index (κ1) is 23.0. The highest BCUT2D eigenvalue weighted by atomic mass is 79.9. The number of nitrogens with one attached hydrogen (secondary N) is 1. The highest BCUT2D eigenvalue weighted by molar-refractivity contribution is 9.10. The van der Waals surface area contributed by atoms with Gasteiger partial charge in [-0.1, -0.05) is 70.4 Å². The van der Waals surface area contributed by atoms with Crippen molar-refractivity contribution in [2.45, 2.75) is 0 Å². The average Bonchev–Trinajstić information content (AvgIpc) is 2.87. The minimum Gasteiger partial charge on any atom is -0.493 e. The van der Waals surface area contributed by atoms with E-state index in [9.17, 15) is 4.79 Å².